The van der Waals surface area contributed by atoms with Gasteiger partial charge in [0.25, 0.3) is 0 Å². The average molecular weight is 256 g/mol. The number of benzene rings is 2. The highest BCUT2D eigenvalue weighted by molar-refractivity contribution is 5.84. The van der Waals surface area contributed by atoms with E-state index in [0.717, 1.165) is 23.8 Å². The van der Waals surface area contributed by atoms with E-state index < -0.39 is 0 Å². The molecule has 2 aromatic carbocycles. The van der Waals surface area contributed by atoms with Crippen LogP contribution in [0.5, 0.6) is 5.75 Å². The third-order valence-corrected chi connectivity index (χ3v) is 3.70. The summed E-state index contributed by atoms with van der Waals surface area (Å²) in [6.45, 7) is 1.32. The predicted octanol–water partition coefficient (Wildman–Crippen LogP) is 2.59. The molecule has 3 heteroatoms. The van der Waals surface area contributed by atoms with Crippen molar-refractivity contribution in [2.75, 3.05) is 13.2 Å². The van der Waals surface area contributed by atoms with Crippen LogP contribution < -0.4 is 16.2 Å². The molecule has 1 saturated carbocycles. The van der Waals surface area contributed by atoms with Crippen molar-refractivity contribution in [2.24, 2.45) is 17.4 Å². The lowest BCUT2D eigenvalue weighted by molar-refractivity contribution is 0.300. The van der Waals surface area contributed by atoms with E-state index in [-0.39, 0.29) is 6.04 Å². The van der Waals surface area contributed by atoms with Crippen LogP contribution in [0.2, 0.25) is 0 Å². The van der Waals surface area contributed by atoms with E-state index in [1.807, 2.05) is 12.1 Å². The van der Waals surface area contributed by atoms with Gasteiger partial charge in [-0.15, -0.1) is 0 Å². The van der Waals surface area contributed by atoms with Crippen LogP contribution in [-0.2, 0) is 0 Å². The van der Waals surface area contributed by atoms with E-state index in [4.69, 9.17) is 16.2 Å². The second kappa shape index (κ2) is 5.19. The minimum Gasteiger partial charge on any atom is -0.493 e. The molecule has 2 aromatic rings. The lowest BCUT2D eigenvalue weighted by atomic mass is 10.0. The van der Waals surface area contributed by atoms with Crippen molar-refractivity contribution in [3.63, 3.8) is 0 Å². The maximum atomic E-state index is 5.95. The van der Waals surface area contributed by atoms with Crippen molar-refractivity contribution < 1.29 is 4.74 Å². The van der Waals surface area contributed by atoms with Gasteiger partial charge in [0.15, 0.2) is 0 Å². The molecule has 4 N–H and O–H groups in total. The van der Waals surface area contributed by atoms with Gasteiger partial charge in [-0.3, -0.25) is 0 Å². The molecule has 1 atom stereocenters. The van der Waals surface area contributed by atoms with Gasteiger partial charge < -0.3 is 16.2 Å². The van der Waals surface area contributed by atoms with Gasteiger partial charge in [0.05, 0.1) is 6.61 Å². The summed E-state index contributed by atoms with van der Waals surface area (Å²) in [6, 6.07) is 12.4. The fourth-order valence-electron chi connectivity index (χ4n) is 2.20. The molecule has 3 nitrogen and oxygen atoms in total. The lowest BCUT2D eigenvalue weighted by Crippen LogP contribution is -2.20. The number of fused-ring (bicyclic) bond motifs is 1. The van der Waals surface area contributed by atoms with E-state index in [1.165, 1.54) is 23.6 Å². The monoisotopic (exact) mass is 256 g/mol. The Bertz CT molecular complexity index is 578. The zero-order valence-corrected chi connectivity index (χ0v) is 11.0. The molecule has 1 fully saturated rings. The first-order valence-electron chi connectivity index (χ1n) is 6.88. The number of ether oxygens (including phenoxy) is 1. The van der Waals surface area contributed by atoms with Gasteiger partial charge in [-0.2, -0.15) is 0 Å². The largest absolute Gasteiger partial charge is 0.493 e. The van der Waals surface area contributed by atoms with Gasteiger partial charge in [0.2, 0.25) is 0 Å². The minimum absolute atomic E-state index is 0.0878. The summed E-state index contributed by atoms with van der Waals surface area (Å²) >= 11 is 0. The van der Waals surface area contributed by atoms with Crippen LogP contribution in [0.4, 0.5) is 0 Å². The molecular formula is C16H20N2O. The van der Waals surface area contributed by atoms with E-state index >= 15 is 0 Å². The molecule has 1 aliphatic rings. The molecule has 19 heavy (non-hydrogen) atoms. The SMILES string of the molecule is NCC(N)c1ccc2cc(OCC3CC3)ccc2c1. The topological polar surface area (TPSA) is 61.3 Å². The first-order valence-corrected chi connectivity index (χ1v) is 6.88. The van der Waals surface area contributed by atoms with Gasteiger partial charge in [0.1, 0.15) is 5.75 Å². The Hall–Kier alpha value is -1.58. The highest BCUT2D eigenvalue weighted by atomic mass is 16.5. The summed E-state index contributed by atoms with van der Waals surface area (Å²) in [5, 5.41) is 2.36. The third kappa shape index (κ3) is 2.88. The van der Waals surface area contributed by atoms with Crippen LogP contribution in [0.3, 0.4) is 0 Å². The molecule has 0 amide bonds. The molecule has 0 heterocycles. The van der Waals surface area contributed by atoms with Crippen molar-refractivity contribution in [2.45, 2.75) is 18.9 Å². The van der Waals surface area contributed by atoms with Crippen molar-refractivity contribution >= 4 is 10.8 Å². The summed E-state index contributed by atoms with van der Waals surface area (Å²) in [4.78, 5) is 0. The Balaban J connectivity index is 1.82. The minimum atomic E-state index is -0.0878. The van der Waals surface area contributed by atoms with Gasteiger partial charge in [-0.1, -0.05) is 18.2 Å². The van der Waals surface area contributed by atoms with Gasteiger partial charge >= 0.3 is 0 Å². The quantitative estimate of drug-likeness (QED) is 0.864. The van der Waals surface area contributed by atoms with Gasteiger partial charge in [-0.25, -0.2) is 0 Å². The Labute approximate surface area is 113 Å². The molecule has 1 aliphatic carbocycles. The van der Waals surface area contributed by atoms with Crippen LogP contribution in [0.25, 0.3) is 10.8 Å². The van der Waals surface area contributed by atoms with Crippen LogP contribution in [-0.4, -0.2) is 13.2 Å². The molecular weight excluding hydrogens is 236 g/mol. The predicted molar refractivity (Wildman–Crippen MR) is 78.1 cm³/mol. The zero-order chi connectivity index (χ0) is 13.2. The Morgan fingerprint density at radius 3 is 2.58 bits per heavy atom. The number of rotatable bonds is 5. The highest BCUT2D eigenvalue weighted by Gasteiger charge is 2.21. The lowest BCUT2D eigenvalue weighted by Gasteiger charge is -2.11. The summed E-state index contributed by atoms with van der Waals surface area (Å²) in [7, 11) is 0. The van der Waals surface area contributed by atoms with Crippen molar-refractivity contribution in [3.8, 4) is 5.75 Å². The molecule has 1 unspecified atom stereocenters. The van der Waals surface area contributed by atoms with E-state index in [0.29, 0.717) is 6.54 Å². The summed E-state index contributed by atoms with van der Waals surface area (Å²) < 4.78 is 5.79. The molecule has 0 spiro atoms. The second-order valence-electron chi connectivity index (χ2n) is 5.36. The number of hydrogen-bond donors (Lipinski definition) is 2. The molecule has 0 aliphatic heterocycles. The van der Waals surface area contributed by atoms with E-state index in [1.54, 1.807) is 0 Å². The molecule has 0 saturated heterocycles. The maximum Gasteiger partial charge on any atom is 0.119 e. The van der Waals surface area contributed by atoms with Gasteiger partial charge in [-0.05, 0) is 53.3 Å². The Morgan fingerprint density at radius 1 is 1.11 bits per heavy atom. The first kappa shape index (κ1) is 12.5. The standard InChI is InChI=1S/C16H20N2O/c17-9-16(18)14-4-3-13-8-15(6-5-12(13)7-14)19-10-11-1-2-11/h3-8,11,16H,1-2,9-10,17-18H2. The molecule has 0 radical (unpaired) electrons. The van der Waals surface area contributed by atoms with E-state index in [9.17, 15) is 0 Å². The van der Waals surface area contributed by atoms with Crippen molar-refractivity contribution in [1.82, 2.24) is 0 Å². The molecule has 0 aromatic heterocycles. The van der Waals surface area contributed by atoms with Crippen LogP contribution in [0.1, 0.15) is 24.4 Å². The smallest absolute Gasteiger partial charge is 0.119 e. The molecule has 0 bridgehead atoms. The van der Waals surface area contributed by atoms with Crippen molar-refractivity contribution in [1.29, 1.82) is 0 Å². The van der Waals surface area contributed by atoms with E-state index in [2.05, 4.69) is 24.3 Å². The normalized spacial score (nSPS) is 16.5. The Kier molecular flexibility index (Phi) is 3.40. The average Bonchev–Trinajstić information content (AvgIpc) is 3.27. The fourth-order valence-corrected chi connectivity index (χ4v) is 2.20. The summed E-state index contributed by atoms with van der Waals surface area (Å²) in [6.07, 6.45) is 2.63. The fraction of sp³-hybridized carbons (Fsp3) is 0.375. The third-order valence-electron chi connectivity index (χ3n) is 3.70. The van der Waals surface area contributed by atoms with Crippen LogP contribution in [0.15, 0.2) is 36.4 Å². The van der Waals surface area contributed by atoms with Crippen molar-refractivity contribution in [3.05, 3.63) is 42.0 Å². The summed E-state index contributed by atoms with van der Waals surface area (Å²) in [5.74, 6) is 1.73. The Morgan fingerprint density at radius 2 is 1.84 bits per heavy atom. The highest BCUT2D eigenvalue weighted by Crippen LogP contribution is 2.30. The second-order valence-corrected chi connectivity index (χ2v) is 5.36. The van der Waals surface area contributed by atoms with Gasteiger partial charge in [0, 0.05) is 12.6 Å². The van der Waals surface area contributed by atoms with Crippen LogP contribution >= 0.6 is 0 Å². The summed E-state index contributed by atoms with van der Waals surface area (Å²) in [5.41, 5.74) is 12.6. The zero-order valence-electron chi connectivity index (χ0n) is 11.0. The van der Waals surface area contributed by atoms with Crippen LogP contribution in [0, 0.1) is 5.92 Å². The molecule has 100 valence electrons. The first-order chi connectivity index (χ1) is 9.26. The number of hydrogen-bond acceptors (Lipinski definition) is 3. The maximum absolute atomic E-state index is 5.95. The molecule has 3 rings (SSSR count). The number of nitrogens with two attached hydrogens (primary N) is 2.